The Balaban J connectivity index is 1.20. The molecule has 0 amide bonds. The molecule has 0 aliphatic carbocycles. The van der Waals surface area contributed by atoms with E-state index in [4.69, 9.17) is 23.5 Å². The molecule has 0 bridgehead atoms. The number of furan rings is 1. The van der Waals surface area contributed by atoms with Gasteiger partial charge >= 0.3 is 0 Å². The van der Waals surface area contributed by atoms with Crippen LogP contribution >= 0.6 is 0 Å². The Morgan fingerprint density at radius 3 is 1.84 bits per heavy atom. The minimum absolute atomic E-state index is 0.00722. The maximum absolute atomic E-state index is 8.54. The highest BCUT2D eigenvalue weighted by molar-refractivity contribution is 6.14. The van der Waals surface area contributed by atoms with Gasteiger partial charge < -0.3 is 8.98 Å². The van der Waals surface area contributed by atoms with E-state index in [9.17, 15) is 0 Å². The Morgan fingerprint density at radius 2 is 1.04 bits per heavy atom. The molecule has 0 aliphatic rings. The number of nitrogens with zero attached hydrogens (tertiary/aromatic N) is 4. The standard InChI is InChI=1S/C45H28N4O/c1-3-14-29(15-4-1)31-18-11-19-32(28-31)44-46-43(30-16-5-2-6-17-30)47-45(48-44)37-24-12-22-35-36-23-13-27-40(42(36)50-41(35)37)49-38-25-9-7-20-33(38)34-21-8-10-26-39(34)49/h1-28H/i3D,14D,15D. The quantitative estimate of drug-likeness (QED) is 0.187. The van der Waals surface area contributed by atoms with Gasteiger partial charge in [-0.2, -0.15) is 0 Å². The zero-order valence-electron chi connectivity index (χ0n) is 29.6. The van der Waals surface area contributed by atoms with Crippen LogP contribution in [0, 0.1) is 0 Å². The van der Waals surface area contributed by atoms with Crippen molar-refractivity contribution in [2.75, 3.05) is 0 Å². The molecule has 7 aromatic carbocycles. The highest BCUT2D eigenvalue weighted by Gasteiger charge is 2.21. The topological polar surface area (TPSA) is 56.7 Å². The monoisotopic (exact) mass is 643 g/mol. The van der Waals surface area contributed by atoms with Gasteiger partial charge in [-0.25, -0.2) is 15.0 Å². The SMILES string of the molecule is [2H]c1ccc([2H])c(-c2cccc(-c3nc(-c4ccccc4)nc(-c4cccc5c4oc4c(-n6c7ccccc7c7ccccc76)cccc45)n3)c2)c1[2H]. The summed E-state index contributed by atoms with van der Waals surface area (Å²) in [5.74, 6) is 1.40. The first-order valence-corrected chi connectivity index (χ1v) is 16.5. The Bertz CT molecular complexity index is 3010. The molecule has 0 saturated carbocycles. The molecule has 0 radical (unpaired) electrons. The fourth-order valence-electron chi connectivity index (χ4n) is 6.97. The first kappa shape index (κ1) is 25.2. The van der Waals surface area contributed by atoms with E-state index in [1.54, 1.807) is 6.07 Å². The molecule has 50 heavy (non-hydrogen) atoms. The number of hydrogen-bond acceptors (Lipinski definition) is 4. The molecule has 3 aromatic heterocycles. The van der Waals surface area contributed by atoms with Crippen molar-refractivity contribution >= 4 is 43.7 Å². The Hall–Kier alpha value is -6.85. The van der Waals surface area contributed by atoms with Crippen LogP contribution in [0.2, 0.25) is 0 Å². The molecule has 0 spiro atoms. The highest BCUT2D eigenvalue weighted by Crippen LogP contribution is 2.40. The lowest BCUT2D eigenvalue weighted by Gasteiger charge is -2.10. The maximum Gasteiger partial charge on any atom is 0.167 e. The van der Waals surface area contributed by atoms with Gasteiger partial charge in [0, 0.05) is 32.7 Å². The van der Waals surface area contributed by atoms with Crippen molar-refractivity contribution in [3.05, 3.63) is 170 Å². The molecule has 0 unspecified atom stereocenters. The normalized spacial score (nSPS) is 12.4. The van der Waals surface area contributed by atoms with Crippen molar-refractivity contribution in [2.45, 2.75) is 0 Å². The molecule has 5 heteroatoms. The molecule has 0 aliphatic heterocycles. The van der Waals surface area contributed by atoms with E-state index in [1.807, 2.05) is 66.7 Å². The van der Waals surface area contributed by atoms with Crippen molar-refractivity contribution in [1.82, 2.24) is 19.5 Å². The number of aromatic nitrogens is 4. The van der Waals surface area contributed by atoms with E-state index in [0.29, 0.717) is 39.7 Å². The molecule has 0 fully saturated rings. The molecule has 234 valence electrons. The van der Waals surface area contributed by atoms with E-state index in [-0.39, 0.29) is 18.1 Å². The highest BCUT2D eigenvalue weighted by atomic mass is 16.3. The van der Waals surface area contributed by atoms with Crippen molar-refractivity contribution in [3.8, 4) is 51.0 Å². The molecule has 3 heterocycles. The maximum atomic E-state index is 8.54. The van der Waals surface area contributed by atoms with E-state index < -0.39 is 0 Å². The third-order valence-corrected chi connectivity index (χ3v) is 9.23. The first-order chi connectivity index (χ1) is 26.0. The van der Waals surface area contributed by atoms with E-state index in [0.717, 1.165) is 44.2 Å². The lowest BCUT2D eigenvalue weighted by Crippen LogP contribution is -2.00. The van der Waals surface area contributed by atoms with E-state index in [1.165, 1.54) is 16.8 Å². The molecule has 5 nitrogen and oxygen atoms in total. The summed E-state index contributed by atoms with van der Waals surface area (Å²) in [4.78, 5) is 15.0. The molecular formula is C45H28N4O. The summed E-state index contributed by atoms with van der Waals surface area (Å²) in [5.41, 5.74) is 7.88. The Morgan fingerprint density at radius 1 is 0.440 bits per heavy atom. The lowest BCUT2D eigenvalue weighted by atomic mass is 10.0. The minimum atomic E-state index is 0.00722. The van der Waals surface area contributed by atoms with Crippen molar-refractivity contribution < 1.29 is 8.53 Å². The van der Waals surface area contributed by atoms with Gasteiger partial charge in [0.2, 0.25) is 0 Å². The fourth-order valence-corrected chi connectivity index (χ4v) is 6.97. The van der Waals surface area contributed by atoms with Crippen LogP contribution in [0.25, 0.3) is 94.7 Å². The van der Waals surface area contributed by atoms with Crippen LogP contribution in [0.1, 0.15) is 4.11 Å². The molecule has 10 rings (SSSR count). The van der Waals surface area contributed by atoms with Gasteiger partial charge in [-0.05, 0) is 41.5 Å². The van der Waals surface area contributed by atoms with Crippen LogP contribution < -0.4 is 0 Å². The summed E-state index contributed by atoms with van der Waals surface area (Å²) in [6.07, 6.45) is 0. The molecule has 0 N–H and O–H groups in total. The Kier molecular flexibility index (Phi) is 5.74. The van der Waals surface area contributed by atoms with E-state index >= 15 is 0 Å². The van der Waals surface area contributed by atoms with Crippen LogP contribution in [0.5, 0.6) is 0 Å². The summed E-state index contributed by atoms with van der Waals surface area (Å²) in [7, 11) is 0. The lowest BCUT2D eigenvalue weighted by molar-refractivity contribution is 0.667. The van der Waals surface area contributed by atoms with Crippen molar-refractivity contribution in [3.63, 3.8) is 0 Å². The number of benzene rings is 7. The third-order valence-electron chi connectivity index (χ3n) is 9.23. The van der Waals surface area contributed by atoms with Gasteiger partial charge in [0.05, 0.1) is 26.4 Å². The number of para-hydroxylation sites is 4. The zero-order valence-corrected chi connectivity index (χ0v) is 26.6. The van der Waals surface area contributed by atoms with Crippen molar-refractivity contribution in [1.29, 1.82) is 0 Å². The predicted molar refractivity (Wildman–Crippen MR) is 203 cm³/mol. The predicted octanol–water partition coefficient (Wildman–Crippen LogP) is 11.5. The van der Waals surface area contributed by atoms with Crippen molar-refractivity contribution in [2.24, 2.45) is 0 Å². The molecule has 0 atom stereocenters. The largest absolute Gasteiger partial charge is 0.453 e. The number of rotatable bonds is 5. The van der Waals surface area contributed by atoms with Gasteiger partial charge in [-0.1, -0.05) is 139 Å². The van der Waals surface area contributed by atoms with Crippen LogP contribution in [-0.4, -0.2) is 19.5 Å². The number of fused-ring (bicyclic) bond motifs is 6. The molecular weight excluding hydrogens is 613 g/mol. The molecule has 0 saturated heterocycles. The summed E-state index contributed by atoms with van der Waals surface area (Å²) >= 11 is 0. The van der Waals surface area contributed by atoms with Crippen LogP contribution in [0.4, 0.5) is 0 Å². The Labute approximate surface area is 292 Å². The fraction of sp³-hybridized carbons (Fsp3) is 0. The summed E-state index contributed by atoms with van der Waals surface area (Å²) in [6.45, 7) is 0. The van der Waals surface area contributed by atoms with E-state index in [2.05, 4.69) is 77.4 Å². The smallest absolute Gasteiger partial charge is 0.167 e. The second-order valence-corrected chi connectivity index (χ2v) is 12.2. The molecule has 10 aromatic rings. The van der Waals surface area contributed by atoms with Crippen LogP contribution in [0.15, 0.2) is 174 Å². The average Bonchev–Trinajstić information content (AvgIpc) is 3.76. The first-order valence-electron chi connectivity index (χ1n) is 18.0. The number of hydrogen-bond donors (Lipinski definition) is 0. The summed E-state index contributed by atoms with van der Waals surface area (Å²) in [5, 5.41) is 4.29. The van der Waals surface area contributed by atoms with Gasteiger partial charge in [-0.15, -0.1) is 0 Å². The van der Waals surface area contributed by atoms with Gasteiger partial charge in [0.1, 0.15) is 5.58 Å². The van der Waals surface area contributed by atoms with Gasteiger partial charge in [0.25, 0.3) is 0 Å². The van der Waals surface area contributed by atoms with Crippen LogP contribution in [0.3, 0.4) is 0 Å². The minimum Gasteiger partial charge on any atom is -0.453 e. The average molecular weight is 644 g/mol. The third kappa shape index (κ3) is 4.52. The second-order valence-electron chi connectivity index (χ2n) is 12.2. The second kappa shape index (κ2) is 11.4. The van der Waals surface area contributed by atoms with Gasteiger partial charge in [0.15, 0.2) is 23.1 Å². The summed E-state index contributed by atoms with van der Waals surface area (Å²) in [6, 6.07) is 49.8. The van der Waals surface area contributed by atoms with Crippen LogP contribution in [-0.2, 0) is 0 Å². The van der Waals surface area contributed by atoms with Gasteiger partial charge in [-0.3, -0.25) is 0 Å². The zero-order chi connectivity index (χ0) is 35.6. The summed E-state index contributed by atoms with van der Waals surface area (Å²) < 4.78 is 34.4.